The van der Waals surface area contributed by atoms with E-state index in [4.69, 9.17) is 0 Å². The van der Waals surface area contributed by atoms with E-state index in [0.29, 0.717) is 18.8 Å². The molecule has 4 aromatic rings. The minimum atomic E-state index is -0.157. The second kappa shape index (κ2) is 8.79. The zero-order chi connectivity index (χ0) is 20.1. The number of hydrogen-bond acceptors (Lipinski definition) is 4. The monoisotopic (exact) mass is 403 g/mol. The van der Waals surface area contributed by atoms with Crippen LogP contribution in [-0.2, 0) is 13.1 Å². The fourth-order valence-electron chi connectivity index (χ4n) is 3.18. The Labute approximate surface area is 173 Å². The molecule has 0 radical (unpaired) electrons. The Morgan fingerprint density at radius 3 is 2.52 bits per heavy atom. The molecule has 0 aliphatic heterocycles. The summed E-state index contributed by atoms with van der Waals surface area (Å²) in [5.74, 6) is -0.157. The van der Waals surface area contributed by atoms with Crippen LogP contribution >= 0.6 is 11.8 Å². The van der Waals surface area contributed by atoms with Gasteiger partial charge in [0.1, 0.15) is 5.69 Å². The van der Waals surface area contributed by atoms with E-state index in [-0.39, 0.29) is 5.91 Å². The molecule has 0 aliphatic rings. The summed E-state index contributed by atoms with van der Waals surface area (Å²) in [5, 5.41) is 8.09. The van der Waals surface area contributed by atoms with Gasteiger partial charge in [-0.1, -0.05) is 54.2 Å². The molecule has 0 saturated heterocycles. The molecule has 0 aliphatic carbocycles. The van der Waals surface area contributed by atoms with Crippen LogP contribution in [0.15, 0.2) is 84.4 Å². The molecule has 7 heteroatoms. The Morgan fingerprint density at radius 1 is 1.03 bits per heavy atom. The standard InChI is InChI=1S/C22H21N5OS/c1-29-22-24-15-20(27(22)19-10-3-2-4-11-19)21(28)23-14-17-8-5-6-9-18(17)16-26-13-7-12-25-26/h2-13,15H,14,16H2,1H3,(H,23,28). The van der Waals surface area contributed by atoms with Crippen molar-refractivity contribution in [1.29, 1.82) is 0 Å². The summed E-state index contributed by atoms with van der Waals surface area (Å²) in [6, 6.07) is 19.8. The largest absolute Gasteiger partial charge is 0.347 e. The zero-order valence-electron chi connectivity index (χ0n) is 16.0. The number of nitrogens with zero attached hydrogens (tertiary/aromatic N) is 4. The highest BCUT2D eigenvalue weighted by atomic mass is 32.2. The fourth-order valence-corrected chi connectivity index (χ4v) is 3.73. The molecule has 0 fully saturated rings. The van der Waals surface area contributed by atoms with Gasteiger partial charge in [-0.3, -0.25) is 14.0 Å². The van der Waals surface area contributed by atoms with Crippen molar-refractivity contribution in [3.05, 3.63) is 96.1 Å². The van der Waals surface area contributed by atoms with Crippen LogP contribution in [-0.4, -0.2) is 31.5 Å². The number of benzene rings is 2. The van der Waals surface area contributed by atoms with Gasteiger partial charge < -0.3 is 5.32 Å². The van der Waals surface area contributed by atoms with Crippen molar-refractivity contribution in [3.63, 3.8) is 0 Å². The summed E-state index contributed by atoms with van der Waals surface area (Å²) in [6.45, 7) is 1.10. The second-order valence-electron chi connectivity index (χ2n) is 6.46. The zero-order valence-corrected chi connectivity index (χ0v) is 16.8. The van der Waals surface area contributed by atoms with Gasteiger partial charge in [-0.2, -0.15) is 5.10 Å². The van der Waals surface area contributed by atoms with E-state index in [1.165, 1.54) is 11.8 Å². The van der Waals surface area contributed by atoms with Gasteiger partial charge >= 0.3 is 0 Å². The molecule has 4 rings (SSSR count). The van der Waals surface area contributed by atoms with Gasteiger partial charge in [0.2, 0.25) is 0 Å². The second-order valence-corrected chi connectivity index (χ2v) is 7.23. The highest BCUT2D eigenvalue weighted by Gasteiger charge is 2.17. The highest BCUT2D eigenvalue weighted by Crippen LogP contribution is 2.21. The molecule has 146 valence electrons. The van der Waals surface area contributed by atoms with Crippen LogP contribution in [0.1, 0.15) is 21.6 Å². The maximum atomic E-state index is 13.0. The smallest absolute Gasteiger partial charge is 0.270 e. The third-order valence-electron chi connectivity index (χ3n) is 4.61. The number of aromatic nitrogens is 4. The van der Waals surface area contributed by atoms with E-state index in [0.717, 1.165) is 22.0 Å². The molecule has 0 saturated carbocycles. The molecule has 2 aromatic carbocycles. The fraction of sp³-hybridized carbons (Fsp3) is 0.136. The normalized spacial score (nSPS) is 10.8. The first-order valence-corrected chi connectivity index (χ1v) is 10.5. The van der Waals surface area contributed by atoms with Crippen LogP contribution in [0.4, 0.5) is 0 Å². The van der Waals surface area contributed by atoms with Crippen LogP contribution in [0.2, 0.25) is 0 Å². The molecule has 29 heavy (non-hydrogen) atoms. The van der Waals surface area contributed by atoms with Gasteiger partial charge in [-0.25, -0.2) is 4.98 Å². The minimum absolute atomic E-state index is 0.157. The molecule has 1 amide bonds. The molecule has 6 nitrogen and oxygen atoms in total. The molecular weight excluding hydrogens is 382 g/mol. The van der Waals surface area contributed by atoms with Crippen molar-refractivity contribution >= 4 is 17.7 Å². The summed E-state index contributed by atoms with van der Waals surface area (Å²) in [7, 11) is 0. The van der Waals surface area contributed by atoms with Gasteiger partial charge in [0.15, 0.2) is 5.16 Å². The number of nitrogens with one attached hydrogen (secondary N) is 1. The SMILES string of the molecule is CSc1ncc(C(=O)NCc2ccccc2Cn2cccn2)n1-c1ccccc1. The van der Waals surface area contributed by atoms with Crippen LogP contribution in [0, 0.1) is 0 Å². The predicted octanol–water partition coefficient (Wildman–Crippen LogP) is 3.77. The summed E-state index contributed by atoms with van der Waals surface area (Å²) in [5.41, 5.74) is 3.62. The number of thioether (sulfide) groups is 1. The van der Waals surface area contributed by atoms with Crippen molar-refractivity contribution in [2.24, 2.45) is 0 Å². The average molecular weight is 404 g/mol. The van der Waals surface area contributed by atoms with Gasteiger partial charge in [-0.05, 0) is 35.6 Å². The van der Waals surface area contributed by atoms with Gasteiger partial charge in [-0.15, -0.1) is 0 Å². The Balaban J connectivity index is 1.54. The quantitative estimate of drug-likeness (QED) is 0.477. The van der Waals surface area contributed by atoms with Gasteiger partial charge in [0, 0.05) is 24.6 Å². The van der Waals surface area contributed by atoms with Crippen LogP contribution in [0.5, 0.6) is 0 Å². The van der Waals surface area contributed by atoms with Crippen LogP contribution < -0.4 is 5.32 Å². The van der Waals surface area contributed by atoms with Crippen molar-refractivity contribution in [2.45, 2.75) is 18.2 Å². The first-order chi connectivity index (χ1) is 14.3. The minimum Gasteiger partial charge on any atom is -0.347 e. The lowest BCUT2D eigenvalue weighted by Gasteiger charge is -2.13. The predicted molar refractivity (Wildman–Crippen MR) is 114 cm³/mol. The van der Waals surface area contributed by atoms with E-state index >= 15 is 0 Å². The molecule has 0 bridgehead atoms. The topological polar surface area (TPSA) is 64.7 Å². The van der Waals surface area contributed by atoms with Crippen LogP contribution in [0.25, 0.3) is 5.69 Å². The lowest BCUT2D eigenvalue weighted by molar-refractivity contribution is 0.0943. The number of carbonyl (C=O) groups is 1. The Kier molecular flexibility index (Phi) is 5.76. The highest BCUT2D eigenvalue weighted by molar-refractivity contribution is 7.98. The first kappa shape index (κ1) is 19.0. The number of hydrogen-bond donors (Lipinski definition) is 1. The van der Waals surface area contributed by atoms with E-state index in [9.17, 15) is 4.79 Å². The van der Waals surface area contributed by atoms with Crippen molar-refractivity contribution < 1.29 is 4.79 Å². The number of imidazole rings is 1. The maximum Gasteiger partial charge on any atom is 0.270 e. The lowest BCUT2D eigenvalue weighted by Crippen LogP contribution is -2.26. The van der Waals surface area contributed by atoms with Crippen molar-refractivity contribution in [3.8, 4) is 5.69 Å². The molecular formula is C22H21N5OS. The number of para-hydroxylation sites is 1. The Morgan fingerprint density at radius 2 is 1.79 bits per heavy atom. The maximum absolute atomic E-state index is 13.0. The Bertz CT molecular complexity index is 1090. The third-order valence-corrected chi connectivity index (χ3v) is 5.26. The van der Waals surface area contributed by atoms with Crippen molar-refractivity contribution in [2.75, 3.05) is 6.26 Å². The third kappa shape index (κ3) is 4.25. The molecule has 2 heterocycles. The molecule has 0 unspecified atom stereocenters. The molecule has 0 spiro atoms. The van der Waals surface area contributed by atoms with Crippen molar-refractivity contribution in [1.82, 2.24) is 24.6 Å². The summed E-state index contributed by atoms with van der Waals surface area (Å²) in [6.07, 6.45) is 7.27. The average Bonchev–Trinajstić information content (AvgIpc) is 3.43. The van der Waals surface area contributed by atoms with E-state index in [1.54, 1.807) is 12.4 Å². The van der Waals surface area contributed by atoms with Crippen LogP contribution in [0.3, 0.4) is 0 Å². The molecule has 0 atom stereocenters. The van der Waals surface area contributed by atoms with E-state index in [2.05, 4.69) is 21.5 Å². The molecule has 1 N–H and O–H groups in total. The molecule has 2 aromatic heterocycles. The van der Waals surface area contributed by atoms with E-state index in [1.807, 2.05) is 76.3 Å². The Hall–Kier alpha value is -3.32. The van der Waals surface area contributed by atoms with Gasteiger partial charge in [0.05, 0.1) is 12.7 Å². The summed E-state index contributed by atoms with van der Waals surface area (Å²) < 4.78 is 3.76. The number of rotatable bonds is 7. The lowest BCUT2D eigenvalue weighted by atomic mass is 10.1. The van der Waals surface area contributed by atoms with Gasteiger partial charge in [0.25, 0.3) is 5.91 Å². The summed E-state index contributed by atoms with van der Waals surface area (Å²) in [4.78, 5) is 17.4. The number of carbonyl (C=O) groups excluding carboxylic acids is 1. The number of amides is 1. The first-order valence-electron chi connectivity index (χ1n) is 9.26. The van der Waals surface area contributed by atoms with E-state index < -0.39 is 0 Å². The summed E-state index contributed by atoms with van der Waals surface area (Å²) >= 11 is 1.51.